The van der Waals surface area contributed by atoms with E-state index in [1.165, 1.54) is 64.2 Å². The number of hydrogen-bond donors (Lipinski definition) is 1. The van der Waals surface area contributed by atoms with Crippen LogP contribution in [0, 0.1) is 5.41 Å². The zero-order valence-corrected chi connectivity index (χ0v) is 29.9. The summed E-state index contributed by atoms with van der Waals surface area (Å²) in [5, 5.41) is 9.94. The van der Waals surface area contributed by atoms with Crippen LogP contribution >= 0.6 is 7.82 Å². The van der Waals surface area contributed by atoms with Crippen molar-refractivity contribution < 1.29 is 37.6 Å². The van der Waals surface area contributed by atoms with Gasteiger partial charge in [0.25, 0.3) is 7.82 Å². The molecule has 0 heterocycles. The molecule has 0 spiro atoms. The van der Waals surface area contributed by atoms with E-state index in [4.69, 9.17) is 13.8 Å². The van der Waals surface area contributed by atoms with E-state index in [1.54, 1.807) is 0 Å². The number of carbonyl (C=O) groups excluding carboxylic acids is 1. The molecular formula is C34H70NO7P. The molecule has 8 nitrogen and oxygen atoms in total. The van der Waals surface area contributed by atoms with Gasteiger partial charge in [-0.15, -0.1) is 0 Å². The predicted octanol–water partition coefficient (Wildman–Crippen LogP) is 8.34. The first-order chi connectivity index (χ1) is 20.4. The van der Waals surface area contributed by atoms with Gasteiger partial charge in [-0.05, 0) is 19.3 Å². The van der Waals surface area contributed by atoms with Crippen LogP contribution in [0.25, 0.3) is 0 Å². The molecule has 0 bridgehead atoms. The van der Waals surface area contributed by atoms with Crippen LogP contribution in [-0.2, 0) is 23.1 Å². The van der Waals surface area contributed by atoms with Crippen molar-refractivity contribution in [3.63, 3.8) is 0 Å². The summed E-state index contributed by atoms with van der Waals surface area (Å²) in [4.78, 5) is 26.1. The Kier molecular flexibility index (Phi) is 25.4. The molecule has 2 atom stereocenters. The Morgan fingerprint density at radius 2 is 1.12 bits per heavy atom. The second-order valence-electron chi connectivity index (χ2n) is 13.6. The number of ether oxygens (including phenoxy) is 1. The number of esters is 1. The van der Waals surface area contributed by atoms with E-state index in [-0.39, 0.29) is 12.6 Å². The molecular weight excluding hydrogens is 565 g/mol. The summed E-state index contributed by atoms with van der Waals surface area (Å²) in [6.07, 6.45) is 22.6. The molecule has 0 rings (SSSR count). The fraction of sp³-hybridized carbons (Fsp3) is 0.971. The Bertz CT molecular complexity index is 703. The monoisotopic (exact) mass is 635 g/mol. The van der Waals surface area contributed by atoms with Crippen LogP contribution in [0.1, 0.15) is 156 Å². The summed E-state index contributed by atoms with van der Waals surface area (Å²) >= 11 is 0. The summed E-state index contributed by atoms with van der Waals surface area (Å²) in [6, 6.07) is 0. The minimum atomic E-state index is -4.58. The fourth-order valence-electron chi connectivity index (χ4n) is 5.45. The van der Waals surface area contributed by atoms with Crippen LogP contribution in [0.2, 0.25) is 0 Å². The number of phosphoric ester groups is 1. The number of phosphoric acid groups is 1. The number of quaternary nitrogens is 1. The lowest BCUT2D eigenvalue weighted by Crippen LogP contribution is -2.39. The van der Waals surface area contributed by atoms with Gasteiger partial charge in [0.15, 0.2) is 0 Å². The van der Waals surface area contributed by atoms with Crippen molar-refractivity contribution in [3.05, 3.63) is 0 Å². The smallest absolute Gasteiger partial charge is 0.312 e. The molecule has 2 unspecified atom stereocenters. The lowest BCUT2D eigenvalue weighted by atomic mass is 9.74. The van der Waals surface area contributed by atoms with Gasteiger partial charge in [-0.25, -0.2) is 0 Å². The number of aliphatic hydroxyl groups is 1. The molecule has 0 aliphatic carbocycles. The molecule has 0 radical (unpaired) electrons. The number of likely N-dealkylation sites (N-methyl/N-ethyl adjacent to an activating group) is 1. The maximum atomic E-state index is 13.8. The third-order valence-corrected chi connectivity index (χ3v) is 9.33. The third-order valence-electron chi connectivity index (χ3n) is 8.37. The molecule has 9 heteroatoms. The summed E-state index contributed by atoms with van der Waals surface area (Å²) in [7, 11) is 1.23. The Balaban J connectivity index is 5.07. The van der Waals surface area contributed by atoms with Crippen molar-refractivity contribution in [2.75, 3.05) is 47.5 Å². The maximum absolute atomic E-state index is 13.8. The van der Waals surface area contributed by atoms with Crippen LogP contribution in [0.5, 0.6) is 0 Å². The van der Waals surface area contributed by atoms with Gasteiger partial charge in [-0.2, -0.15) is 0 Å². The Labute approximate surface area is 265 Å². The summed E-state index contributed by atoms with van der Waals surface area (Å²) in [5.41, 5.74) is -0.613. The molecule has 0 saturated carbocycles. The molecule has 1 N–H and O–H groups in total. The number of unbranched alkanes of at least 4 members (excludes halogenated alkanes) is 15. The molecule has 0 aromatic heterocycles. The number of hydrogen-bond acceptors (Lipinski definition) is 7. The van der Waals surface area contributed by atoms with Gasteiger partial charge in [-0.3, -0.25) is 9.36 Å². The third kappa shape index (κ3) is 23.5. The second kappa shape index (κ2) is 25.7. The standard InChI is InChI=1S/C34H70NO7P/c1-7-10-13-14-15-16-17-18-19-20-21-24-27-34(25-22-11-8-2,26-23-12-9-3)33(37)42-32(30-36)31-41-43(38,39)40-29-28-35(4,5)6/h32,36H,7-31H2,1-6H3. The predicted molar refractivity (Wildman–Crippen MR) is 176 cm³/mol. The van der Waals surface area contributed by atoms with Gasteiger partial charge >= 0.3 is 5.97 Å². The first-order valence-corrected chi connectivity index (χ1v) is 19.1. The lowest BCUT2D eigenvalue weighted by molar-refractivity contribution is -0.870. The molecule has 0 aliphatic rings. The van der Waals surface area contributed by atoms with Gasteiger partial charge in [0, 0.05) is 0 Å². The first-order valence-electron chi connectivity index (χ1n) is 17.7. The Morgan fingerprint density at radius 3 is 1.53 bits per heavy atom. The van der Waals surface area contributed by atoms with E-state index in [9.17, 15) is 19.4 Å². The lowest BCUT2D eigenvalue weighted by Gasteiger charge is -2.34. The van der Waals surface area contributed by atoms with Crippen LogP contribution in [0.4, 0.5) is 0 Å². The van der Waals surface area contributed by atoms with Crippen molar-refractivity contribution in [3.8, 4) is 0 Å². The molecule has 0 aliphatic heterocycles. The normalized spacial score (nSPS) is 14.5. The minimum absolute atomic E-state index is 0.00905. The maximum Gasteiger partial charge on any atom is 0.312 e. The van der Waals surface area contributed by atoms with Crippen LogP contribution in [0.15, 0.2) is 0 Å². The van der Waals surface area contributed by atoms with Crippen molar-refractivity contribution in [2.24, 2.45) is 5.41 Å². The minimum Gasteiger partial charge on any atom is -0.756 e. The van der Waals surface area contributed by atoms with E-state index in [0.29, 0.717) is 11.0 Å². The number of nitrogens with zero attached hydrogens (tertiary/aromatic N) is 1. The Hall–Kier alpha value is -0.500. The largest absolute Gasteiger partial charge is 0.756 e. The van der Waals surface area contributed by atoms with Crippen LogP contribution in [-0.4, -0.2) is 69.2 Å². The van der Waals surface area contributed by atoms with E-state index < -0.39 is 32.6 Å². The molecule has 43 heavy (non-hydrogen) atoms. The fourth-order valence-corrected chi connectivity index (χ4v) is 6.18. The first kappa shape index (κ1) is 42.5. The van der Waals surface area contributed by atoms with Crippen molar-refractivity contribution in [2.45, 2.75) is 162 Å². The SMILES string of the molecule is CCCCCCCCCCCCCCC(CCCCC)(CCCCC)C(=O)OC(CO)COP(=O)([O-])OCC[N+](C)(C)C. The summed E-state index contributed by atoms with van der Waals surface area (Å²) < 4.78 is 28.6. The highest BCUT2D eigenvalue weighted by Crippen LogP contribution is 2.41. The highest BCUT2D eigenvalue weighted by atomic mass is 31.2. The molecule has 0 fully saturated rings. The molecule has 0 amide bonds. The highest BCUT2D eigenvalue weighted by Gasteiger charge is 2.39. The summed E-state index contributed by atoms with van der Waals surface area (Å²) in [5.74, 6) is -0.322. The molecule has 0 saturated heterocycles. The van der Waals surface area contributed by atoms with E-state index in [0.717, 1.165) is 70.6 Å². The highest BCUT2D eigenvalue weighted by molar-refractivity contribution is 7.45. The van der Waals surface area contributed by atoms with Crippen molar-refractivity contribution in [1.82, 2.24) is 0 Å². The van der Waals surface area contributed by atoms with Gasteiger partial charge < -0.3 is 28.3 Å². The summed E-state index contributed by atoms with van der Waals surface area (Å²) in [6.45, 7) is 6.09. The van der Waals surface area contributed by atoms with Crippen molar-refractivity contribution in [1.29, 1.82) is 0 Å². The molecule has 0 aromatic carbocycles. The average Bonchev–Trinajstić information content (AvgIpc) is 2.94. The number of carbonyl (C=O) groups is 1. The van der Waals surface area contributed by atoms with Gasteiger partial charge in [-0.1, -0.05) is 136 Å². The van der Waals surface area contributed by atoms with E-state index in [2.05, 4.69) is 20.8 Å². The van der Waals surface area contributed by atoms with Crippen molar-refractivity contribution >= 4 is 13.8 Å². The zero-order chi connectivity index (χ0) is 32.5. The Morgan fingerprint density at radius 1 is 0.721 bits per heavy atom. The average molecular weight is 636 g/mol. The van der Waals surface area contributed by atoms with Gasteiger partial charge in [0.2, 0.25) is 0 Å². The molecule has 258 valence electrons. The number of rotatable bonds is 31. The van der Waals surface area contributed by atoms with Crippen LogP contribution < -0.4 is 4.89 Å². The quantitative estimate of drug-likeness (QED) is 0.0353. The van der Waals surface area contributed by atoms with Gasteiger partial charge in [0.05, 0.1) is 39.8 Å². The van der Waals surface area contributed by atoms with E-state index in [1.807, 2.05) is 21.1 Å². The zero-order valence-electron chi connectivity index (χ0n) is 29.0. The topological polar surface area (TPSA) is 105 Å². The van der Waals surface area contributed by atoms with Crippen LogP contribution in [0.3, 0.4) is 0 Å². The van der Waals surface area contributed by atoms with Gasteiger partial charge in [0.1, 0.15) is 19.3 Å². The second-order valence-corrected chi connectivity index (χ2v) is 15.0. The number of aliphatic hydroxyl groups excluding tert-OH is 1. The van der Waals surface area contributed by atoms with E-state index >= 15 is 0 Å². The molecule has 0 aromatic rings.